The number of carbonyl (C=O) groups is 1. The van der Waals surface area contributed by atoms with Gasteiger partial charge in [-0.05, 0) is 67.6 Å². The van der Waals surface area contributed by atoms with Gasteiger partial charge in [0.25, 0.3) is 0 Å². The normalized spacial score (nSPS) is 13.9. The maximum atomic E-state index is 11.7. The number of nitrogens with one attached hydrogen (secondary N) is 1. The zero-order valence-corrected chi connectivity index (χ0v) is 24.7. The van der Waals surface area contributed by atoms with E-state index in [2.05, 4.69) is 56.7 Å². The summed E-state index contributed by atoms with van der Waals surface area (Å²) in [4.78, 5) is 21.4. The first kappa shape index (κ1) is 29.0. The highest BCUT2D eigenvalue weighted by molar-refractivity contribution is 7.17. The molecule has 218 valence electrons. The summed E-state index contributed by atoms with van der Waals surface area (Å²) in [7, 11) is 0. The van der Waals surface area contributed by atoms with Gasteiger partial charge in [0.05, 0.1) is 12.1 Å². The van der Waals surface area contributed by atoms with Gasteiger partial charge in [-0.3, -0.25) is 4.90 Å². The van der Waals surface area contributed by atoms with Gasteiger partial charge >= 0.3 is 6.09 Å². The van der Waals surface area contributed by atoms with Crippen LogP contribution in [0.3, 0.4) is 0 Å². The molecule has 1 N–H and O–H groups in total. The third kappa shape index (κ3) is 8.24. The second-order valence-electron chi connectivity index (χ2n) is 10.3. The Balaban J connectivity index is 0.995. The Morgan fingerprint density at radius 3 is 2.73 bits per heavy atom. The molecule has 5 rings (SSSR count). The molecule has 0 unspecified atom stereocenters. The zero-order chi connectivity index (χ0) is 28.3. The van der Waals surface area contributed by atoms with Crippen LogP contribution >= 0.6 is 11.3 Å². The quantitative estimate of drug-likeness (QED) is 0.133. The molecule has 2 aromatic heterocycles. The lowest BCUT2D eigenvalue weighted by Gasteiger charge is -2.36. The number of aromatic nitrogens is 1. The van der Waals surface area contributed by atoms with Crippen LogP contribution in [0.1, 0.15) is 39.0 Å². The van der Waals surface area contributed by atoms with Crippen molar-refractivity contribution in [2.45, 2.75) is 39.0 Å². The third-order valence-corrected chi connectivity index (χ3v) is 8.29. The Hall–Kier alpha value is -3.56. The number of carbonyl (C=O) groups excluding carboxylic acids is 1. The highest BCUT2D eigenvalue weighted by Crippen LogP contribution is 2.31. The predicted octanol–water partition coefficient (Wildman–Crippen LogP) is 6.68. The van der Waals surface area contributed by atoms with Crippen LogP contribution < -0.4 is 19.7 Å². The van der Waals surface area contributed by atoms with E-state index in [1.54, 1.807) is 6.07 Å². The molecule has 1 aliphatic rings. The molecule has 0 aliphatic carbocycles. The van der Waals surface area contributed by atoms with Crippen LogP contribution in [0.2, 0.25) is 0 Å². The SMILES string of the molecule is CCCCCNC(=O)OCOc1ccc2ccc(OCCCCN3CCN(c4cccc5sccc45)CC3)cc2n1. The van der Waals surface area contributed by atoms with E-state index in [1.807, 2.05) is 35.6 Å². The minimum Gasteiger partial charge on any atom is -0.494 e. The molecule has 8 nitrogen and oxygen atoms in total. The molecule has 0 bridgehead atoms. The fraction of sp³-hybridized carbons (Fsp3) is 0.438. The highest BCUT2D eigenvalue weighted by Gasteiger charge is 2.18. The summed E-state index contributed by atoms with van der Waals surface area (Å²) in [6, 6.07) is 18.5. The maximum absolute atomic E-state index is 11.7. The number of fused-ring (bicyclic) bond motifs is 2. The number of amides is 1. The second kappa shape index (κ2) is 14.9. The van der Waals surface area contributed by atoms with Crippen LogP contribution in [0.5, 0.6) is 11.6 Å². The smallest absolute Gasteiger partial charge is 0.410 e. The van der Waals surface area contributed by atoms with Crippen molar-refractivity contribution in [2.75, 3.05) is 57.6 Å². The number of thiophene rings is 1. The van der Waals surface area contributed by atoms with Crippen molar-refractivity contribution in [3.8, 4) is 11.6 Å². The van der Waals surface area contributed by atoms with E-state index in [4.69, 9.17) is 14.2 Å². The first-order valence-corrected chi connectivity index (χ1v) is 15.6. The van der Waals surface area contributed by atoms with Gasteiger partial charge in [-0.25, -0.2) is 9.78 Å². The topological polar surface area (TPSA) is 76.2 Å². The fourth-order valence-corrected chi connectivity index (χ4v) is 5.91. The molecule has 3 heterocycles. The summed E-state index contributed by atoms with van der Waals surface area (Å²) < 4.78 is 18.0. The van der Waals surface area contributed by atoms with Crippen molar-refractivity contribution in [3.63, 3.8) is 0 Å². The average Bonchev–Trinajstić information content (AvgIpc) is 3.49. The number of nitrogens with zero attached hydrogens (tertiary/aromatic N) is 3. The van der Waals surface area contributed by atoms with Crippen LogP contribution in [0.4, 0.5) is 10.5 Å². The minimum absolute atomic E-state index is 0.186. The Morgan fingerprint density at radius 1 is 0.976 bits per heavy atom. The summed E-state index contributed by atoms with van der Waals surface area (Å²) in [5.74, 6) is 1.20. The molecule has 0 spiro atoms. The number of piperazine rings is 1. The van der Waals surface area contributed by atoms with Gasteiger partial charge < -0.3 is 24.4 Å². The predicted molar refractivity (Wildman–Crippen MR) is 166 cm³/mol. The molecule has 1 amide bonds. The molecule has 1 saturated heterocycles. The van der Waals surface area contributed by atoms with Crippen molar-refractivity contribution < 1.29 is 19.0 Å². The fourth-order valence-electron chi connectivity index (χ4n) is 5.10. The van der Waals surface area contributed by atoms with Crippen LogP contribution in [-0.4, -0.2) is 68.6 Å². The van der Waals surface area contributed by atoms with E-state index in [0.717, 1.165) is 81.5 Å². The zero-order valence-electron chi connectivity index (χ0n) is 23.8. The summed E-state index contributed by atoms with van der Waals surface area (Å²) in [5, 5.41) is 7.27. The van der Waals surface area contributed by atoms with Gasteiger partial charge in [0.15, 0.2) is 0 Å². The van der Waals surface area contributed by atoms with Crippen molar-refractivity contribution in [1.29, 1.82) is 0 Å². The van der Waals surface area contributed by atoms with Gasteiger partial charge in [-0.15, -0.1) is 11.3 Å². The van der Waals surface area contributed by atoms with Crippen molar-refractivity contribution in [2.24, 2.45) is 0 Å². The van der Waals surface area contributed by atoms with Gasteiger partial charge in [0.2, 0.25) is 12.7 Å². The number of pyridine rings is 1. The number of unbranched alkanes of at least 4 members (excludes halogenated alkanes) is 3. The van der Waals surface area contributed by atoms with Crippen molar-refractivity contribution in [3.05, 3.63) is 60.0 Å². The lowest BCUT2D eigenvalue weighted by molar-refractivity contribution is 0.0570. The van der Waals surface area contributed by atoms with Gasteiger partial charge in [-0.1, -0.05) is 25.8 Å². The number of hydrogen-bond acceptors (Lipinski definition) is 8. The molecule has 0 atom stereocenters. The molecule has 1 fully saturated rings. The monoisotopic (exact) mass is 576 g/mol. The van der Waals surface area contributed by atoms with Gasteiger partial charge in [0.1, 0.15) is 5.75 Å². The lowest BCUT2D eigenvalue weighted by atomic mass is 10.2. The highest BCUT2D eigenvalue weighted by atomic mass is 32.1. The van der Waals surface area contributed by atoms with E-state index in [0.29, 0.717) is 19.0 Å². The summed E-state index contributed by atoms with van der Waals surface area (Å²) in [6.07, 6.45) is 4.75. The lowest BCUT2D eigenvalue weighted by Crippen LogP contribution is -2.46. The Labute approximate surface area is 246 Å². The van der Waals surface area contributed by atoms with Gasteiger partial charge in [-0.2, -0.15) is 0 Å². The third-order valence-electron chi connectivity index (χ3n) is 7.41. The molecular weight excluding hydrogens is 536 g/mol. The summed E-state index contributed by atoms with van der Waals surface area (Å²) >= 11 is 1.81. The Bertz CT molecular complexity index is 1400. The number of anilines is 1. The first-order chi connectivity index (χ1) is 20.2. The molecule has 0 saturated carbocycles. The van der Waals surface area contributed by atoms with E-state index >= 15 is 0 Å². The maximum Gasteiger partial charge on any atom is 0.410 e. The molecule has 0 radical (unpaired) electrons. The van der Waals surface area contributed by atoms with Crippen molar-refractivity contribution in [1.82, 2.24) is 15.2 Å². The number of rotatable bonds is 14. The van der Waals surface area contributed by atoms with E-state index in [-0.39, 0.29) is 6.79 Å². The molecule has 1 aliphatic heterocycles. The first-order valence-electron chi connectivity index (χ1n) is 14.7. The number of hydrogen-bond donors (Lipinski definition) is 1. The van der Waals surface area contributed by atoms with Crippen LogP contribution in [0, 0.1) is 0 Å². The Morgan fingerprint density at radius 2 is 1.85 bits per heavy atom. The minimum atomic E-state index is -0.480. The van der Waals surface area contributed by atoms with E-state index in [9.17, 15) is 4.79 Å². The van der Waals surface area contributed by atoms with Crippen molar-refractivity contribution >= 4 is 44.1 Å². The molecule has 2 aromatic carbocycles. The molecular formula is C32H40N4O4S. The molecule has 41 heavy (non-hydrogen) atoms. The molecule has 9 heteroatoms. The number of ether oxygens (including phenoxy) is 3. The number of benzene rings is 2. The van der Waals surface area contributed by atoms with E-state index < -0.39 is 6.09 Å². The number of alkyl carbamates (subject to hydrolysis) is 1. The molecule has 4 aromatic rings. The summed E-state index contributed by atoms with van der Waals surface area (Å²) in [6.45, 7) is 8.63. The van der Waals surface area contributed by atoms with Crippen LogP contribution in [-0.2, 0) is 4.74 Å². The van der Waals surface area contributed by atoms with E-state index in [1.165, 1.54) is 15.8 Å². The van der Waals surface area contributed by atoms with Crippen LogP contribution in [0.25, 0.3) is 21.0 Å². The standard InChI is InChI=1S/C32H40N4O4S/c1-2-3-4-15-33-32(37)40-24-39-31-13-11-25-10-12-26(23-28(25)34-31)38-21-6-5-16-35-17-19-36(20-18-35)29-8-7-9-30-27(29)14-22-41-30/h7-14,22-23H,2-6,15-21,24H2,1H3,(H,33,37). The Kier molecular flexibility index (Phi) is 10.5. The summed E-state index contributed by atoms with van der Waals surface area (Å²) in [5.41, 5.74) is 2.15. The average molecular weight is 577 g/mol. The van der Waals surface area contributed by atoms with Crippen LogP contribution in [0.15, 0.2) is 60.0 Å². The largest absolute Gasteiger partial charge is 0.494 e. The van der Waals surface area contributed by atoms with Gasteiger partial charge in [0, 0.05) is 66.0 Å². The second-order valence-corrected chi connectivity index (χ2v) is 11.3.